The molecule has 0 spiro atoms. The maximum atomic E-state index is 11.8. The molecule has 102 valence electrons. The van der Waals surface area contributed by atoms with E-state index in [4.69, 9.17) is 0 Å². The van der Waals surface area contributed by atoms with Crippen LogP contribution in [0.2, 0.25) is 0 Å². The summed E-state index contributed by atoms with van der Waals surface area (Å²) in [4.78, 5) is 0. The summed E-state index contributed by atoms with van der Waals surface area (Å²) in [6.07, 6.45) is 6.41. The quantitative estimate of drug-likeness (QED) is 0.652. The Bertz CT molecular complexity index is 308. The van der Waals surface area contributed by atoms with Crippen molar-refractivity contribution in [3.8, 4) is 0 Å². The van der Waals surface area contributed by atoms with Gasteiger partial charge in [0.1, 0.15) is 0 Å². The zero-order valence-corrected chi connectivity index (χ0v) is 11.9. The van der Waals surface area contributed by atoms with Crippen LogP contribution in [-0.4, -0.2) is 34.3 Å². The van der Waals surface area contributed by atoms with Gasteiger partial charge in [-0.15, -0.1) is 0 Å². The smallest absolute Gasteiger partial charge is 0.211 e. The summed E-state index contributed by atoms with van der Waals surface area (Å²) in [5.41, 5.74) is 0.193. The molecule has 0 atom stereocenters. The molecule has 0 saturated heterocycles. The van der Waals surface area contributed by atoms with Crippen molar-refractivity contribution < 1.29 is 8.42 Å². The number of rotatable bonds is 8. The number of hydrogen-bond donors (Lipinski definition) is 2. The van der Waals surface area contributed by atoms with Crippen LogP contribution < -0.4 is 10.0 Å². The summed E-state index contributed by atoms with van der Waals surface area (Å²) in [5.74, 6) is 0.255. The Morgan fingerprint density at radius 2 is 1.82 bits per heavy atom. The van der Waals surface area contributed by atoms with E-state index >= 15 is 0 Å². The zero-order chi connectivity index (χ0) is 12.8. The zero-order valence-electron chi connectivity index (χ0n) is 11.1. The highest BCUT2D eigenvalue weighted by atomic mass is 32.2. The van der Waals surface area contributed by atoms with Crippen molar-refractivity contribution in [1.82, 2.24) is 10.0 Å². The van der Waals surface area contributed by atoms with E-state index in [0.29, 0.717) is 6.54 Å². The molecule has 1 saturated carbocycles. The topological polar surface area (TPSA) is 58.2 Å². The molecule has 1 rings (SSSR count). The molecular weight excluding hydrogens is 236 g/mol. The highest BCUT2D eigenvalue weighted by molar-refractivity contribution is 7.89. The average molecular weight is 262 g/mol. The fourth-order valence-corrected chi connectivity index (χ4v) is 3.65. The maximum absolute atomic E-state index is 11.8. The van der Waals surface area contributed by atoms with Crippen molar-refractivity contribution in [3.05, 3.63) is 0 Å². The van der Waals surface area contributed by atoms with Crippen LogP contribution in [-0.2, 0) is 10.0 Å². The summed E-state index contributed by atoms with van der Waals surface area (Å²) >= 11 is 0. The van der Waals surface area contributed by atoms with Gasteiger partial charge >= 0.3 is 0 Å². The molecule has 0 radical (unpaired) electrons. The van der Waals surface area contributed by atoms with Gasteiger partial charge in [-0.1, -0.05) is 19.8 Å². The third kappa shape index (κ3) is 5.84. The second kappa shape index (κ2) is 6.71. The molecule has 0 aromatic carbocycles. The molecule has 2 N–H and O–H groups in total. The van der Waals surface area contributed by atoms with Gasteiger partial charge in [0.05, 0.1) is 5.75 Å². The van der Waals surface area contributed by atoms with Crippen LogP contribution >= 0.6 is 0 Å². The van der Waals surface area contributed by atoms with E-state index in [1.807, 2.05) is 7.05 Å². The standard InChI is InChI=1S/C12H26N2O2S/c1-12(7-3-4-8-12)11-14-17(15,16)10-6-5-9-13-2/h13-14H,3-11H2,1-2H3. The minimum Gasteiger partial charge on any atom is -0.320 e. The lowest BCUT2D eigenvalue weighted by Crippen LogP contribution is -2.35. The maximum Gasteiger partial charge on any atom is 0.211 e. The summed E-state index contributed by atoms with van der Waals surface area (Å²) in [7, 11) is -1.18. The predicted molar refractivity (Wildman–Crippen MR) is 71.5 cm³/mol. The van der Waals surface area contributed by atoms with Crippen LogP contribution in [0, 0.1) is 5.41 Å². The first-order valence-electron chi connectivity index (χ1n) is 6.59. The normalized spacial score (nSPS) is 19.6. The predicted octanol–water partition coefficient (Wildman–Crippen LogP) is 1.49. The first-order valence-corrected chi connectivity index (χ1v) is 8.25. The summed E-state index contributed by atoms with van der Waals surface area (Å²) in [5, 5.41) is 3.02. The van der Waals surface area contributed by atoms with Crippen LogP contribution in [0.3, 0.4) is 0 Å². The first-order chi connectivity index (χ1) is 7.97. The van der Waals surface area contributed by atoms with Crippen molar-refractivity contribution in [2.75, 3.05) is 25.9 Å². The van der Waals surface area contributed by atoms with Crippen LogP contribution in [0.1, 0.15) is 45.4 Å². The number of sulfonamides is 1. The lowest BCUT2D eigenvalue weighted by molar-refractivity contribution is 0.336. The molecule has 0 amide bonds. The van der Waals surface area contributed by atoms with Gasteiger partial charge < -0.3 is 5.32 Å². The minimum atomic E-state index is -3.07. The molecule has 5 heteroatoms. The molecule has 0 bridgehead atoms. The Morgan fingerprint density at radius 3 is 2.41 bits per heavy atom. The Kier molecular flexibility index (Phi) is 5.89. The van der Waals surface area contributed by atoms with E-state index in [9.17, 15) is 8.42 Å². The molecule has 0 unspecified atom stereocenters. The fraction of sp³-hybridized carbons (Fsp3) is 1.00. The summed E-state index contributed by atoms with van der Waals surface area (Å²) in [6, 6.07) is 0. The van der Waals surface area contributed by atoms with Gasteiger partial charge in [-0.3, -0.25) is 0 Å². The molecule has 0 aliphatic heterocycles. The van der Waals surface area contributed by atoms with Gasteiger partial charge in [-0.25, -0.2) is 13.1 Å². The van der Waals surface area contributed by atoms with Crippen LogP contribution in [0.15, 0.2) is 0 Å². The molecule has 0 aromatic rings. The Morgan fingerprint density at radius 1 is 1.18 bits per heavy atom. The molecule has 1 aliphatic rings. The van der Waals surface area contributed by atoms with Crippen LogP contribution in [0.4, 0.5) is 0 Å². The highest BCUT2D eigenvalue weighted by Gasteiger charge is 2.29. The van der Waals surface area contributed by atoms with Crippen LogP contribution in [0.25, 0.3) is 0 Å². The monoisotopic (exact) mass is 262 g/mol. The van der Waals surface area contributed by atoms with Gasteiger partial charge in [0, 0.05) is 6.54 Å². The number of nitrogens with one attached hydrogen (secondary N) is 2. The third-order valence-corrected chi connectivity index (χ3v) is 5.03. The second-order valence-corrected chi connectivity index (χ2v) is 7.39. The molecule has 1 aliphatic carbocycles. The Labute approximate surface area is 106 Å². The van der Waals surface area contributed by atoms with E-state index < -0.39 is 10.0 Å². The molecule has 1 fully saturated rings. The lowest BCUT2D eigenvalue weighted by atomic mass is 9.89. The minimum absolute atomic E-state index is 0.193. The Balaban J connectivity index is 2.24. The van der Waals surface area contributed by atoms with Crippen molar-refractivity contribution in [1.29, 1.82) is 0 Å². The van der Waals surface area contributed by atoms with Gasteiger partial charge in [-0.2, -0.15) is 0 Å². The van der Waals surface area contributed by atoms with E-state index in [0.717, 1.165) is 32.2 Å². The molecule has 4 nitrogen and oxygen atoms in total. The van der Waals surface area contributed by atoms with Gasteiger partial charge in [-0.05, 0) is 44.7 Å². The lowest BCUT2D eigenvalue weighted by Gasteiger charge is -2.23. The van der Waals surface area contributed by atoms with Gasteiger partial charge in [0.25, 0.3) is 0 Å². The van der Waals surface area contributed by atoms with Crippen molar-refractivity contribution in [2.24, 2.45) is 5.41 Å². The van der Waals surface area contributed by atoms with E-state index in [1.165, 1.54) is 12.8 Å². The van der Waals surface area contributed by atoms with Gasteiger partial charge in [0.15, 0.2) is 0 Å². The van der Waals surface area contributed by atoms with E-state index in [-0.39, 0.29) is 11.2 Å². The van der Waals surface area contributed by atoms with Gasteiger partial charge in [0.2, 0.25) is 10.0 Å². The third-order valence-electron chi connectivity index (χ3n) is 3.62. The highest BCUT2D eigenvalue weighted by Crippen LogP contribution is 2.36. The number of hydrogen-bond acceptors (Lipinski definition) is 3. The van der Waals surface area contributed by atoms with Crippen molar-refractivity contribution in [2.45, 2.75) is 45.4 Å². The van der Waals surface area contributed by atoms with E-state index in [2.05, 4.69) is 17.0 Å². The molecule has 17 heavy (non-hydrogen) atoms. The fourth-order valence-electron chi connectivity index (χ4n) is 2.36. The largest absolute Gasteiger partial charge is 0.320 e. The average Bonchev–Trinajstić information content (AvgIpc) is 2.70. The second-order valence-electron chi connectivity index (χ2n) is 5.47. The first kappa shape index (κ1) is 14.9. The summed E-state index contributed by atoms with van der Waals surface area (Å²) < 4.78 is 26.3. The van der Waals surface area contributed by atoms with E-state index in [1.54, 1.807) is 0 Å². The Hall–Kier alpha value is -0.130. The van der Waals surface area contributed by atoms with Crippen molar-refractivity contribution >= 4 is 10.0 Å². The van der Waals surface area contributed by atoms with Crippen LogP contribution in [0.5, 0.6) is 0 Å². The molecular formula is C12H26N2O2S. The SMILES string of the molecule is CNCCCCS(=O)(=O)NCC1(C)CCCC1. The molecule has 0 aromatic heterocycles. The van der Waals surface area contributed by atoms with Crippen molar-refractivity contribution in [3.63, 3.8) is 0 Å². The number of unbranched alkanes of at least 4 members (excludes halogenated alkanes) is 1. The molecule has 0 heterocycles. The summed E-state index contributed by atoms with van der Waals surface area (Å²) in [6.45, 7) is 3.68.